The molecule has 6 heteroatoms. The van der Waals surface area contributed by atoms with E-state index in [0.29, 0.717) is 12.4 Å². The molecule has 0 aliphatic carbocycles. The monoisotopic (exact) mass is 253 g/mol. The molecule has 0 aromatic carbocycles. The molecule has 94 valence electrons. The number of fused-ring (bicyclic) bond motifs is 1. The molecular formula is C13H11N5O. The minimum absolute atomic E-state index is 0.157. The summed E-state index contributed by atoms with van der Waals surface area (Å²) in [5, 5.41) is 12.2. The molecule has 2 aliphatic heterocycles. The van der Waals surface area contributed by atoms with Gasteiger partial charge in [-0.25, -0.2) is 4.68 Å². The van der Waals surface area contributed by atoms with Crippen molar-refractivity contribution in [3.63, 3.8) is 0 Å². The fourth-order valence-electron chi connectivity index (χ4n) is 1.89. The highest BCUT2D eigenvalue weighted by Crippen LogP contribution is 2.20. The second-order valence-electron chi connectivity index (χ2n) is 3.99. The molecule has 0 atom stereocenters. The zero-order chi connectivity index (χ0) is 13.2. The van der Waals surface area contributed by atoms with Gasteiger partial charge in [-0.1, -0.05) is 6.08 Å². The SMILES string of the molecule is C=CCn1nc(-n2cccc3nncc2-3)ccc1=O. The highest BCUT2D eigenvalue weighted by molar-refractivity contribution is 5.57. The fraction of sp³-hybridized carbons (Fsp3) is 0.0769. The van der Waals surface area contributed by atoms with E-state index in [1.807, 2.05) is 22.9 Å². The first-order chi connectivity index (χ1) is 9.29. The Morgan fingerprint density at radius 1 is 1.32 bits per heavy atom. The van der Waals surface area contributed by atoms with E-state index >= 15 is 0 Å². The van der Waals surface area contributed by atoms with E-state index in [-0.39, 0.29) is 5.56 Å². The van der Waals surface area contributed by atoms with Crippen molar-refractivity contribution in [3.05, 3.63) is 59.7 Å². The second kappa shape index (κ2) is 4.49. The number of aromatic nitrogens is 5. The lowest BCUT2D eigenvalue weighted by molar-refractivity contribution is 0.639. The van der Waals surface area contributed by atoms with Crippen LogP contribution < -0.4 is 5.56 Å². The van der Waals surface area contributed by atoms with Crippen LogP contribution in [0, 0.1) is 0 Å². The second-order valence-corrected chi connectivity index (χ2v) is 3.99. The van der Waals surface area contributed by atoms with Crippen LogP contribution in [0.15, 0.2) is 54.1 Å². The van der Waals surface area contributed by atoms with Crippen LogP contribution in [-0.2, 0) is 6.54 Å². The maximum atomic E-state index is 11.6. The standard InChI is InChI=1S/C13H11N5O/c1-2-7-18-13(19)6-5-12(16-18)17-8-3-4-10-11(17)9-14-15-10/h2-6,8-9H,1,7H2. The van der Waals surface area contributed by atoms with Crippen LogP contribution in [0.4, 0.5) is 0 Å². The lowest BCUT2D eigenvalue weighted by Crippen LogP contribution is -2.22. The molecule has 2 aliphatic rings. The summed E-state index contributed by atoms with van der Waals surface area (Å²) < 4.78 is 3.20. The molecule has 6 nitrogen and oxygen atoms in total. The molecular weight excluding hydrogens is 242 g/mol. The maximum Gasteiger partial charge on any atom is 0.267 e. The Labute approximate surface area is 109 Å². The quantitative estimate of drug-likeness (QED) is 0.656. The van der Waals surface area contributed by atoms with Crippen LogP contribution in [0.25, 0.3) is 17.2 Å². The molecule has 0 bridgehead atoms. The predicted octanol–water partition coefficient (Wildman–Crippen LogP) is 1.11. The molecule has 0 fully saturated rings. The van der Waals surface area contributed by atoms with Crippen molar-refractivity contribution in [1.82, 2.24) is 24.5 Å². The van der Waals surface area contributed by atoms with E-state index < -0.39 is 0 Å². The zero-order valence-corrected chi connectivity index (χ0v) is 10.1. The molecule has 0 spiro atoms. The third-order valence-electron chi connectivity index (χ3n) is 2.76. The number of rotatable bonds is 3. The van der Waals surface area contributed by atoms with E-state index in [2.05, 4.69) is 21.9 Å². The van der Waals surface area contributed by atoms with Crippen LogP contribution >= 0.6 is 0 Å². The number of hydrogen-bond acceptors (Lipinski definition) is 4. The molecule has 0 saturated heterocycles. The van der Waals surface area contributed by atoms with Crippen LogP contribution in [0.5, 0.6) is 0 Å². The van der Waals surface area contributed by atoms with E-state index in [0.717, 1.165) is 11.4 Å². The fourth-order valence-corrected chi connectivity index (χ4v) is 1.89. The lowest BCUT2D eigenvalue weighted by Gasteiger charge is -2.11. The van der Waals surface area contributed by atoms with Crippen molar-refractivity contribution in [3.8, 4) is 17.2 Å². The summed E-state index contributed by atoms with van der Waals surface area (Å²) in [5.74, 6) is 0.641. The first-order valence-corrected chi connectivity index (χ1v) is 5.78. The van der Waals surface area contributed by atoms with Crippen LogP contribution in [0.2, 0.25) is 0 Å². The summed E-state index contributed by atoms with van der Waals surface area (Å²) in [4.78, 5) is 11.6. The number of pyridine rings is 1. The Morgan fingerprint density at radius 2 is 2.21 bits per heavy atom. The largest absolute Gasteiger partial charge is 0.297 e. The molecule has 0 amide bonds. The number of allylic oxidation sites excluding steroid dienone is 1. The minimum atomic E-state index is -0.157. The average Bonchev–Trinajstić information content (AvgIpc) is 2.90. The molecule has 0 saturated carbocycles. The van der Waals surface area contributed by atoms with E-state index in [1.165, 1.54) is 10.7 Å². The molecule has 3 heterocycles. The van der Waals surface area contributed by atoms with Gasteiger partial charge in [-0.3, -0.25) is 9.36 Å². The predicted molar refractivity (Wildman–Crippen MR) is 70.2 cm³/mol. The van der Waals surface area contributed by atoms with Crippen molar-refractivity contribution in [2.45, 2.75) is 6.54 Å². The van der Waals surface area contributed by atoms with Crippen LogP contribution in [0.1, 0.15) is 0 Å². The number of hydrogen-bond donors (Lipinski definition) is 0. The Morgan fingerprint density at radius 3 is 3.05 bits per heavy atom. The molecule has 0 unspecified atom stereocenters. The van der Waals surface area contributed by atoms with Gasteiger partial charge in [-0.15, -0.1) is 11.7 Å². The van der Waals surface area contributed by atoms with Gasteiger partial charge < -0.3 is 0 Å². The number of nitrogens with zero attached hydrogens (tertiary/aromatic N) is 5. The maximum absolute atomic E-state index is 11.6. The van der Waals surface area contributed by atoms with Crippen molar-refractivity contribution in [2.24, 2.45) is 0 Å². The first-order valence-electron chi connectivity index (χ1n) is 5.78. The normalized spacial score (nSPS) is 10.7. The van der Waals surface area contributed by atoms with Gasteiger partial charge in [0.1, 0.15) is 5.69 Å². The molecule has 19 heavy (non-hydrogen) atoms. The van der Waals surface area contributed by atoms with E-state index in [9.17, 15) is 4.79 Å². The van der Waals surface area contributed by atoms with Crippen molar-refractivity contribution in [1.29, 1.82) is 0 Å². The first kappa shape index (κ1) is 11.3. The summed E-state index contributed by atoms with van der Waals surface area (Å²) in [5.41, 5.74) is 1.47. The van der Waals surface area contributed by atoms with Gasteiger partial charge in [-0.2, -0.15) is 10.2 Å². The Balaban J connectivity index is 2.17. The molecule has 1 aromatic heterocycles. The molecule has 0 radical (unpaired) electrons. The van der Waals surface area contributed by atoms with Gasteiger partial charge in [0.05, 0.1) is 18.4 Å². The summed E-state index contributed by atoms with van der Waals surface area (Å²) in [7, 11) is 0. The van der Waals surface area contributed by atoms with Crippen molar-refractivity contribution >= 4 is 0 Å². The van der Waals surface area contributed by atoms with Gasteiger partial charge in [0.25, 0.3) is 5.56 Å². The highest BCUT2D eigenvalue weighted by Gasteiger charge is 2.11. The van der Waals surface area contributed by atoms with Crippen molar-refractivity contribution in [2.75, 3.05) is 0 Å². The third-order valence-corrected chi connectivity index (χ3v) is 2.76. The highest BCUT2D eigenvalue weighted by atomic mass is 16.1. The summed E-state index contributed by atoms with van der Waals surface area (Å²) in [6.07, 6.45) is 5.16. The van der Waals surface area contributed by atoms with Gasteiger partial charge in [0.2, 0.25) is 0 Å². The summed E-state index contributed by atoms with van der Waals surface area (Å²) in [6, 6.07) is 6.90. The lowest BCUT2D eigenvalue weighted by atomic mass is 10.3. The third kappa shape index (κ3) is 1.93. The average molecular weight is 253 g/mol. The van der Waals surface area contributed by atoms with E-state index in [1.54, 1.807) is 18.3 Å². The Hall–Kier alpha value is -2.76. The minimum Gasteiger partial charge on any atom is -0.297 e. The van der Waals surface area contributed by atoms with Crippen molar-refractivity contribution < 1.29 is 0 Å². The molecule has 3 rings (SSSR count). The van der Waals surface area contributed by atoms with E-state index in [4.69, 9.17) is 0 Å². The van der Waals surface area contributed by atoms with Gasteiger partial charge in [0.15, 0.2) is 5.82 Å². The van der Waals surface area contributed by atoms with Gasteiger partial charge in [0, 0.05) is 12.3 Å². The van der Waals surface area contributed by atoms with Gasteiger partial charge >= 0.3 is 0 Å². The topological polar surface area (TPSA) is 65.6 Å². The Bertz CT molecular complexity index is 758. The molecule has 0 N–H and O–H groups in total. The van der Waals surface area contributed by atoms with Crippen LogP contribution in [0.3, 0.4) is 0 Å². The van der Waals surface area contributed by atoms with Crippen LogP contribution in [-0.4, -0.2) is 24.5 Å². The van der Waals surface area contributed by atoms with Gasteiger partial charge in [-0.05, 0) is 18.2 Å². The summed E-state index contributed by atoms with van der Waals surface area (Å²) >= 11 is 0. The summed E-state index contributed by atoms with van der Waals surface area (Å²) in [6.45, 7) is 3.99. The smallest absolute Gasteiger partial charge is 0.267 e. The Kier molecular flexibility index (Phi) is 2.68. The molecule has 1 aromatic rings. The zero-order valence-electron chi connectivity index (χ0n) is 10.1.